The molecule has 2 aromatic carbocycles. The Morgan fingerprint density at radius 1 is 0.931 bits per heavy atom. The van der Waals surface area contributed by atoms with Crippen LogP contribution in [0.25, 0.3) is 10.8 Å². The Hall–Kier alpha value is -2.40. The number of sulfone groups is 1. The maximum atomic E-state index is 13.2. The minimum Gasteiger partial charge on any atom is -0.486 e. The third-order valence-electron chi connectivity index (χ3n) is 5.84. The highest BCUT2D eigenvalue weighted by molar-refractivity contribution is 7.92. The second-order valence-corrected chi connectivity index (χ2v) is 10.1. The highest BCUT2D eigenvalue weighted by Gasteiger charge is 2.29. The predicted molar refractivity (Wildman–Crippen MR) is 116 cm³/mol. The van der Waals surface area contributed by atoms with Crippen LogP contribution in [0.15, 0.2) is 53.4 Å². The maximum absolute atomic E-state index is 13.2. The maximum Gasteiger partial charge on any atom is 0.181 e. The molecule has 0 aliphatic heterocycles. The van der Waals surface area contributed by atoms with Crippen LogP contribution in [0.1, 0.15) is 49.1 Å². The van der Waals surface area contributed by atoms with Crippen molar-refractivity contribution in [2.24, 2.45) is 0 Å². The fourth-order valence-electron chi connectivity index (χ4n) is 4.23. The van der Waals surface area contributed by atoms with Crippen molar-refractivity contribution >= 4 is 20.6 Å². The van der Waals surface area contributed by atoms with Crippen LogP contribution in [0.3, 0.4) is 0 Å². The van der Waals surface area contributed by atoms with Crippen molar-refractivity contribution in [1.29, 1.82) is 0 Å². The normalized spacial score (nSPS) is 15.5. The molecule has 1 aliphatic rings. The minimum atomic E-state index is -3.32. The van der Waals surface area contributed by atoms with Crippen LogP contribution in [-0.4, -0.2) is 18.7 Å². The SMILES string of the molecule is Cc1nc(C)c2cc(S(=O)(=O)C3CCCCC3)ccc2c1OCc1ccccc1. The van der Waals surface area contributed by atoms with Gasteiger partial charge in [0.05, 0.1) is 15.8 Å². The average Bonchev–Trinajstić information content (AvgIpc) is 2.74. The molecule has 4 nitrogen and oxygen atoms in total. The Morgan fingerprint density at radius 2 is 1.66 bits per heavy atom. The van der Waals surface area contributed by atoms with Crippen molar-refractivity contribution in [2.75, 3.05) is 0 Å². The molecule has 4 rings (SSSR count). The number of aryl methyl sites for hydroxylation is 2. The van der Waals surface area contributed by atoms with Crippen molar-refractivity contribution in [2.45, 2.75) is 62.7 Å². The second-order valence-electron chi connectivity index (χ2n) is 7.90. The number of hydrogen-bond acceptors (Lipinski definition) is 4. The van der Waals surface area contributed by atoms with E-state index in [1.807, 2.05) is 50.2 Å². The van der Waals surface area contributed by atoms with E-state index in [0.29, 0.717) is 11.5 Å². The number of pyridine rings is 1. The van der Waals surface area contributed by atoms with Gasteiger partial charge in [-0.3, -0.25) is 4.98 Å². The first kappa shape index (κ1) is 19.9. The first-order chi connectivity index (χ1) is 14.0. The molecule has 1 fully saturated rings. The minimum absolute atomic E-state index is 0.263. The molecule has 1 heterocycles. The number of hydrogen-bond donors (Lipinski definition) is 0. The van der Waals surface area contributed by atoms with E-state index in [4.69, 9.17) is 4.74 Å². The molecule has 29 heavy (non-hydrogen) atoms. The number of rotatable bonds is 5. The Bertz CT molecular complexity index is 1120. The molecular formula is C24H27NO3S. The van der Waals surface area contributed by atoms with Crippen LogP contribution >= 0.6 is 0 Å². The van der Waals surface area contributed by atoms with E-state index in [1.165, 1.54) is 0 Å². The Morgan fingerprint density at radius 3 is 2.38 bits per heavy atom. The largest absolute Gasteiger partial charge is 0.486 e. The van der Waals surface area contributed by atoms with Crippen molar-refractivity contribution in [3.8, 4) is 5.75 Å². The third kappa shape index (κ3) is 4.01. The van der Waals surface area contributed by atoms with Gasteiger partial charge in [0, 0.05) is 16.5 Å². The fraction of sp³-hybridized carbons (Fsp3) is 0.375. The summed E-state index contributed by atoms with van der Waals surface area (Å²) in [7, 11) is -3.32. The summed E-state index contributed by atoms with van der Waals surface area (Å²) in [5.41, 5.74) is 2.72. The summed E-state index contributed by atoms with van der Waals surface area (Å²) < 4.78 is 32.4. The summed E-state index contributed by atoms with van der Waals surface area (Å²) in [5.74, 6) is 0.719. The van der Waals surface area contributed by atoms with E-state index in [2.05, 4.69) is 4.98 Å². The second kappa shape index (κ2) is 8.15. The number of aromatic nitrogens is 1. The zero-order valence-electron chi connectivity index (χ0n) is 17.0. The van der Waals surface area contributed by atoms with Crippen LogP contribution in [0, 0.1) is 13.8 Å². The number of benzene rings is 2. The molecule has 3 aromatic rings. The van der Waals surface area contributed by atoms with E-state index in [1.54, 1.807) is 12.1 Å². The highest BCUT2D eigenvalue weighted by Crippen LogP contribution is 2.35. The first-order valence-corrected chi connectivity index (χ1v) is 11.8. The van der Waals surface area contributed by atoms with Crippen LogP contribution < -0.4 is 4.74 Å². The van der Waals surface area contributed by atoms with E-state index >= 15 is 0 Å². The zero-order valence-corrected chi connectivity index (χ0v) is 17.8. The molecule has 5 heteroatoms. The van der Waals surface area contributed by atoms with Gasteiger partial charge in [0.25, 0.3) is 0 Å². The first-order valence-electron chi connectivity index (χ1n) is 10.3. The molecular weight excluding hydrogens is 382 g/mol. The molecule has 0 unspecified atom stereocenters. The molecule has 1 aliphatic carbocycles. The Balaban J connectivity index is 1.71. The lowest BCUT2D eigenvalue weighted by atomic mass is 10.0. The van der Waals surface area contributed by atoms with Crippen LogP contribution in [-0.2, 0) is 16.4 Å². The van der Waals surface area contributed by atoms with E-state index in [0.717, 1.165) is 65.6 Å². The Labute approximate surface area is 172 Å². The molecule has 0 spiro atoms. The lowest BCUT2D eigenvalue weighted by Gasteiger charge is -2.22. The molecule has 152 valence electrons. The van der Waals surface area contributed by atoms with Crippen molar-refractivity contribution in [3.05, 3.63) is 65.5 Å². The quantitative estimate of drug-likeness (QED) is 0.555. The summed E-state index contributed by atoms with van der Waals surface area (Å²) in [6, 6.07) is 15.4. The van der Waals surface area contributed by atoms with Gasteiger partial charge in [0.1, 0.15) is 12.4 Å². The van der Waals surface area contributed by atoms with Crippen LogP contribution in [0.5, 0.6) is 5.75 Å². The van der Waals surface area contributed by atoms with Crippen molar-refractivity contribution in [3.63, 3.8) is 0 Å². The van der Waals surface area contributed by atoms with Crippen molar-refractivity contribution in [1.82, 2.24) is 4.98 Å². The highest BCUT2D eigenvalue weighted by atomic mass is 32.2. The smallest absolute Gasteiger partial charge is 0.181 e. The van der Waals surface area contributed by atoms with E-state index in [9.17, 15) is 8.42 Å². The number of ether oxygens (including phenoxy) is 1. The van der Waals surface area contributed by atoms with Gasteiger partial charge in [-0.2, -0.15) is 0 Å². The van der Waals surface area contributed by atoms with Gasteiger partial charge in [-0.25, -0.2) is 8.42 Å². The van der Waals surface area contributed by atoms with E-state index < -0.39 is 9.84 Å². The molecule has 0 bridgehead atoms. The monoisotopic (exact) mass is 409 g/mol. The van der Waals surface area contributed by atoms with Gasteiger partial charge in [-0.1, -0.05) is 49.6 Å². The lowest BCUT2D eigenvalue weighted by molar-refractivity contribution is 0.306. The molecule has 1 saturated carbocycles. The van der Waals surface area contributed by atoms with Crippen LogP contribution in [0.4, 0.5) is 0 Å². The molecule has 0 amide bonds. The van der Waals surface area contributed by atoms with Gasteiger partial charge in [-0.05, 0) is 50.5 Å². The summed E-state index contributed by atoms with van der Waals surface area (Å²) in [6.07, 6.45) is 4.64. The number of nitrogens with zero attached hydrogens (tertiary/aromatic N) is 1. The fourth-order valence-corrected chi connectivity index (χ4v) is 6.11. The number of fused-ring (bicyclic) bond motifs is 1. The molecule has 1 aromatic heterocycles. The molecule has 0 saturated heterocycles. The van der Waals surface area contributed by atoms with Gasteiger partial charge in [-0.15, -0.1) is 0 Å². The van der Waals surface area contributed by atoms with Gasteiger partial charge in [0.15, 0.2) is 9.84 Å². The topological polar surface area (TPSA) is 56.3 Å². The van der Waals surface area contributed by atoms with Crippen LogP contribution in [0.2, 0.25) is 0 Å². The average molecular weight is 410 g/mol. The summed E-state index contributed by atoms with van der Waals surface area (Å²) >= 11 is 0. The van der Waals surface area contributed by atoms with E-state index in [-0.39, 0.29) is 5.25 Å². The molecule has 0 atom stereocenters. The van der Waals surface area contributed by atoms with Gasteiger partial charge < -0.3 is 4.74 Å². The zero-order chi connectivity index (χ0) is 20.4. The summed E-state index contributed by atoms with van der Waals surface area (Å²) in [6.45, 7) is 4.30. The molecule has 0 radical (unpaired) electrons. The lowest BCUT2D eigenvalue weighted by Crippen LogP contribution is -2.24. The van der Waals surface area contributed by atoms with Gasteiger partial charge >= 0.3 is 0 Å². The third-order valence-corrected chi connectivity index (χ3v) is 8.10. The summed E-state index contributed by atoms with van der Waals surface area (Å²) in [4.78, 5) is 5.03. The Kier molecular flexibility index (Phi) is 5.59. The van der Waals surface area contributed by atoms with Gasteiger partial charge in [0.2, 0.25) is 0 Å². The van der Waals surface area contributed by atoms with Crippen molar-refractivity contribution < 1.29 is 13.2 Å². The molecule has 0 N–H and O–H groups in total. The predicted octanol–water partition coefficient (Wildman–Crippen LogP) is 5.54. The summed E-state index contributed by atoms with van der Waals surface area (Å²) in [5, 5.41) is 1.49. The standard InChI is InChI=1S/C24H27NO3S/c1-17-23-15-21(29(26,27)20-11-7-4-8-12-20)13-14-22(23)24(18(2)25-17)28-16-19-9-5-3-6-10-19/h3,5-6,9-10,13-15,20H,4,7-8,11-12,16H2,1-2H3.